The summed E-state index contributed by atoms with van der Waals surface area (Å²) in [6.07, 6.45) is 0.931. The molecule has 1 amide bonds. The van der Waals surface area contributed by atoms with Crippen LogP contribution in [-0.4, -0.2) is 113 Å². The maximum atomic E-state index is 12.3. The van der Waals surface area contributed by atoms with Crippen LogP contribution >= 0.6 is 0 Å². The molecule has 0 aliphatic carbocycles. The second-order valence-corrected chi connectivity index (χ2v) is 6.73. The van der Waals surface area contributed by atoms with Crippen LogP contribution in [0.1, 0.15) is 28.9 Å². The van der Waals surface area contributed by atoms with Crippen LogP contribution in [0.5, 0.6) is 0 Å². The quantitative estimate of drug-likeness (QED) is 0.210. The first kappa shape index (κ1) is 29.5. The number of rotatable bonds is 9. The van der Waals surface area contributed by atoms with Gasteiger partial charge in [-0.3, -0.25) is 9.59 Å². The first-order valence-electron chi connectivity index (χ1n) is 9.37. The number of nitrogen functional groups attached to an aromatic ring is 2. The molecule has 3 aromatic rings. The Labute approximate surface area is 237 Å². The summed E-state index contributed by atoms with van der Waals surface area (Å²) in [6, 6.07) is 4.99. The predicted octanol–water partition coefficient (Wildman–Crippen LogP) is -0.517. The Morgan fingerprint density at radius 1 is 1.00 bits per heavy atom. The summed E-state index contributed by atoms with van der Waals surface area (Å²) in [4.78, 5) is 50.5. The average molecular weight is 486 g/mol. The number of hydrogen-bond acceptors (Lipinski definition) is 10. The summed E-state index contributed by atoms with van der Waals surface area (Å²) in [5, 5.41) is 23.3. The Morgan fingerprint density at radius 2 is 1.68 bits per heavy atom. The van der Waals surface area contributed by atoms with Crippen molar-refractivity contribution in [2.24, 2.45) is 0 Å². The molecule has 0 saturated carbocycles. The third-order valence-electron chi connectivity index (χ3n) is 4.37. The number of nitrogens with zero attached hydrogens (tertiary/aromatic N) is 4. The monoisotopic (exact) mass is 486 g/mol. The molecule has 2 radical (unpaired) electrons. The number of carbonyl (C=O) groups is 3. The molecule has 0 saturated heterocycles. The van der Waals surface area contributed by atoms with Gasteiger partial charge in [-0.1, -0.05) is 0 Å². The molecule has 13 nitrogen and oxygen atoms in total. The van der Waals surface area contributed by atoms with E-state index in [9.17, 15) is 14.4 Å². The van der Waals surface area contributed by atoms with Gasteiger partial charge in [-0.2, -0.15) is 9.97 Å². The van der Waals surface area contributed by atoms with Gasteiger partial charge in [0.05, 0.1) is 18.4 Å². The number of nitrogens with two attached hydrogens (primary N) is 2. The number of carbonyl (C=O) groups excluding carboxylic acids is 1. The van der Waals surface area contributed by atoms with E-state index in [0.717, 1.165) is 0 Å². The molecule has 0 aliphatic rings. The molecule has 0 bridgehead atoms. The fraction of sp³-hybridized carbons (Fsp3) is 0.211. The summed E-state index contributed by atoms with van der Waals surface area (Å²) < 4.78 is 0. The molecule has 15 heteroatoms. The van der Waals surface area contributed by atoms with Gasteiger partial charge in [0, 0.05) is 76.8 Å². The summed E-state index contributed by atoms with van der Waals surface area (Å²) in [6.45, 7) is 0.300. The number of anilines is 3. The number of carboxylic acids is 2. The molecule has 34 heavy (non-hydrogen) atoms. The molecule has 1 aromatic carbocycles. The van der Waals surface area contributed by atoms with Gasteiger partial charge in [-0.15, -0.1) is 0 Å². The second kappa shape index (κ2) is 13.4. The second-order valence-electron chi connectivity index (χ2n) is 6.73. The molecule has 1 unspecified atom stereocenters. The third kappa shape index (κ3) is 8.04. The van der Waals surface area contributed by atoms with Crippen molar-refractivity contribution in [1.29, 1.82) is 0 Å². The molecular weight excluding hydrogens is 466 g/mol. The number of nitrogens with one attached hydrogen (secondary N) is 2. The zero-order chi connectivity index (χ0) is 23.3. The molecular formula is C19H20N8Na2O5. The van der Waals surface area contributed by atoms with Crippen LogP contribution < -0.4 is 22.1 Å². The largest absolute Gasteiger partial charge is 0.481 e. The Balaban J connectivity index is 0.00000289. The van der Waals surface area contributed by atoms with Gasteiger partial charge in [0.15, 0.2) is 17.0 Å². The van der Waals surface area contributed by atoms with Crippen molar-refractivity contribution >= 4 is 106 Å². The van der Waals surface area contributed by atoms with Crippen LogP contribution in [0.4, 0.5) is 17.5 Å². The van der Waals surface area contributed by atoms with E-state index in [1.807, 2.05) is 0 Å². The zero-order valence-corrected chi connectivity index (χ0v) is 22.6. The van der Waals surface area contributed by atoms with Crippen LogP contribution in [0.3, 0.4) is 0 Å². The molecule has 0 fully saturated rings. The Bertz CT molecular complexity index is 1180. The predicted molar refractivity (Wildman–Crippen MR) is 125 cm³/mol. The van der Waals surface area contributed by atoms with Crippen molar-refractivity contribution in [3.8, 4) is 0 Å². The number of carboxylic acid groups (broad SMARTS) is 2. The summed E-state index contributed by atoms with van der Waals surface area (Å²) in [7, 11) is 0. The fourth-order valence-corrected chi connectivity index (χ4v) is 2.77. The topological polar surface area (TPSA) is 219 Å². The van der Waals surface area contributed by atoms with E-state index in [0.29, 0.717) is 23.4 Å². The number of benzene rings is 1. The molecule has 0 aliphatic heterocycles. The first-order chi connectivity index (χ1) is 15.2. The van der Waals surface area contributed by atoms with Gasteiger partial charge >= 0.3 is 11.9 Å². The van der Waals surface area contributed by atoms with E-state index in [-0.39, 0.29) is 94.9 Å². The fourth-order valence-electron chi connectivity index (χ4n) is 2.77. The van der Waals surface area contributed by atoms with E-state index in [1.165, 1.54) is 18.3 Å². The number of amides is 1. The minimum Gasteiger partial charge on any atom is -0.481 e. The number of fused-ring (bicyclic) bond motifs is 1. The van der Waals surface area contributed by atoms with Crippen LogP contribution in [-0.2, 0) is 16.1 Å². The molecule has 0 spiro atoms. The SMILES string of the molecule is Nc1nc(N)c2nc(CNc3ccc(C(=O)NC(CCC(=O)O)C(=O)O)cc3)cnc2n1.[Na].[Na]. The maximum Gasteiger partial charge on any atom is 0.326 e. The summed E-state index contributed by atoms with van der Waals surface area (Å²) in [5.41, 5.74) is 13.4. The van der Waals surface area contributed by atoms with Gasteiger partial charge in [0.2, 0.25) is 5.95 Å². The molecule has 2 heterocycles. The molecule has 1 atom stereocenters. The smallest absolute Gasteiger partial charge is 0.326 e. The minimum absolute atomic E-state index is 0. The minimum atomic E-state index is -1.30. The molecule has 8 N–H and O–H groups in total. The molecule has 168 valence electrons. The van der Waals surface area contributed by atoms with Crippen molar-refractivity contribution in [2.45, 2.75) is 25.4 Å². The van der Waals surface area contributed by atoms with E-state index in [1.54, 1.807) is 12.1 Å². The van der Waals surface area contributed by atoms with E-state index in [2.05, 4.69) is 30.6 Å². The van der Waals surface area contributed by atoms with Crippen molar-refractivity contribution in [2.75, 3.05) is 16.8 Å². The van der Waals surface area contributed by atoms with Gasteiger partial charge < -0.3 is 32.3 Å². The van der Waals surface area contributed by atoms with Crippen LogP contribution in [0, 0.1) is 0 Å². The van der Waals surface area contributed by atoms with Gasteiger partial charge in [-0.25, -0.2) is 14.8 Å². The first-order valence-corrected chi connectivity index (χ1v) is 9.37. The normalized spacial score (nSPS) is 10.9. The number of aliphatic carboxylic acids is 2. The zero-order valence-electron chi connectivity index (χ0n) is 18.6. The van der Waals surface area contributed by atoms with Gasteiger partial charge in [0.25, 0.3) is 5.91 Å². The number of aromatic nitrogens is 4. The van der Waals surface area contributed by atoms with Crippen molar-refractivity contribution in [3.05, 3.63) is 41.7 Å². The van der Waals surface area contributed by atoms with Crippen LogP contribution in [0.25, 0.3) is 11.2 Å². The van der Waals surface area contributed by atoms with E-state index < -0.39 is 23.9 Å². The van der Waals surface area contributed by atoms with E-state index >= 15 is 0 Å². The van der Waals surface area contributed by atoms with Gasteiger partial charge in [0.1, 0.15) is 6.04 Å². The Morgan fingerprint density at radius 3 is 2.29 bits per heavy atom. The summed E-state index contributed by atoms with van der Waals surface area (Å²) in [5.74, 6) is -2.93. The van der Waals surface area contributed by atoms with Gasteiger partial charge in [-0.05, 0) is 30.7 Å². The molecule has 2 aromatic heterocycles. The van der Waals surface area contributed by atoms with Crippen LogP contribution in [0.2, 0.25) is 0 Å². The number of hydrogen-bond donors (Lipinski definition) is 6. The third-order valence-corrected chi connectivity index (χ3v) is 4.37. The van der Waals surface area contributed by atoms with E-state index in [4.69, 9.17) is 21.7 Å². The van der Waals surface area contributed by atoms with Crippen molar-refractivity contribution in [1.82, 2.24) is 25.3 Å². The molecule has 3 rings (SSSR count). The van der Waals surface area contributed by atoms with Crippen molar-refractivity contribution in [3.63, 3.8) is 0 Å². The maximum absolute atomic E-state index is 12.3. The standard InChI is InChI=1S/C19H20N8O5.2Na/c20-15-14-16(27-19(21)26-15)23-8-11(24-14)7-22-10-3-1-9(2-4-10)17(30)25-12(18(31)32)5-6-13(28)29;;/h1-4,8,12,22H,5-7H2,(H,25,30)(H,28,29)(H,31,32)(H4,20,21,23,26,27);;. The average Bonchev–Trinajstić information content (AvgIpc) is 2.75. The Kier molecular flexibility index (Phi) is 11.6. The van der Waals surface area contributed by atoms with Crippen molar-refractivity contribution < 1.29 is 24.6 Å². The van der Waals surface area contributed by atoms with Crippen LogP contribution in [0.15, 0.2) is 30.5 Å². The Hall–Kier alpha value is -2.55. The summed E-state index contributed by atoms with van der Waals surface area (Å²) >= 11 is 0.